The molecule has 0 bridgehead atoms. The summed E-state index contributed by atoms with van der Waals surface area (Å²) in [5, 5.41) is 3.93. The molecule has 0 fully saturated rings. The van der Waals surface area contributed by atoms with Crippen molar-refractivity contribution in [2.24, 2.45) is 0 Å². The van der Waals surface area contributed by atoms with Crippen LogP contribution in [0.2, 0.25) is 0 Å². The van der Waals surface area contributed by atoms with Crippen molar-refractivity contribution >= 4 is 11.9 Å². The van der Waals surface area contributed by atoms with Crippen molar-refractivity contribution in [3.63, 3.8) is 0 Å². The van der Waals surface area contributed by atoms with Crippen LogP contribution in [0.5, 0.6) is 0 Å². The van der Waals surface area contributed by atoms with Gasteiger partial charge in [-0.15, -0.1) is 0 Å². The molecular formula is C13H11NO2. The maximum absolute atomic E-state index is 10.7. The van der Waals surface area contributed by atoms with Gasteiger partial charge in [-0.1, -0.05) is 35.5 Å². The molecule has 2 rings (SSSR count). The molecule has 0 aliphatic carbocycles. The van der Waals surface area contributed by atoms with Crippen molar-refractivity contribution < 1.29 is 9.32 Å². The molecule has 0 spiro atoms. The van der Waals surface area contributed by atoms with Crippen LogP contribution in [0.15, 0.2) is 47.0 Å². The third kappa shape index (κ3) is 2.45. The summed E-state index contributed by atoms with van der Waals surface area (Å²) in [6.07, 6.45) is 3.07. The number of nitrogens with zero attached hydrogens (tertiary/aromatic N) is 1. The third-order valence-electron chi connectivity index (χ3n) is 2.08. The van der Waals surface area contributed by atoms with Crippen molar-refractivity contribution in [3.8, 4) is 11.3 Å². The molecule has 0 saturated carbocycles. The molecule has 0 unspecified atom stereocenters. The minimum atomic E-state index is -0.0161. The van der Waals surface area contributed by atoms with Crippen LogP contribution < -0.4 is 0 Å². The number of ketones is 1. The second-order valence-electron chi connectivity index (χ2n) is 3.42. The Hall–Kier alpha value is -2.16. The van der Waals surface area contributed by atoms with Gasteiger partial charge in [0.25, 0.3) is 0 Å². The summed E-state index contributed by atoms with van der Waals surface area (Å²) < 4.78 is 5.08. The quantitative estimate of drug-likeness (QED) is 0.736. The Morgan fingerprint density at radius 1 is 1.31 bits per heavy atom. The van der Waals surface area contributed by atoms with Crippen molar-refractivity contribution in [2.45, 2.75) is 6.92 Å². The zero-order valence-corrected chi connectivity index (χ0v) is 8.88. The summed E-state index contributed by atoms with van der Waals surface area (Å²) in [4.78, 5) is 10.7. The molecule has 3 heteroatoms. The number of benzene rings is 1. The largest absolute Gasteiger partial charge is 0.356 e. The van der Waals surface area contributed by atoms with Gasteiger partial charge in [0.1, 0.15) is 5.69 Å². The normalized spacial score (nSPS) is 10.8. The minimum absolute atomic E-state index is 0.0161. The van der Waals surface area contributed by atoms with E-state index in [1.54, 1.807) is 12.1 Å². The Labute approximate surface area is 93.4 Å². The second-order valence-corrected chi connectivity index (χ2v) is 3.42. The summed E-state index contributed by atoms with van der Waals surface area (Å²) in [7, 11) is 0. The average Bonchev–Trinajstić information content (AvgIpc) is 2.76. The van der Waals surface area contributed by atoms with Gasteiger partial charge >= 0.3 is 0 Å². The zero-order chi connectivity index (χ0) is 11.4. The van der Waals surface area contributed by atoms with Gasteiger partial charge in [0.15, 0.2) is 11.5 Å². The first-order chi connectivity index (χ1) is 7.75. The highest BCUT2D eigenvalue weighted by Gasteiger charge is 2.03. The number of allylic oxidation sites excluding steroid dienone is 1. The predicted molar refractivity (Wildman–Crippen MR) is 61.7 cm³/mol. The molecule has 0 aliphatic rings. The average molecular weight is 213 g/mol. The SMILES string of the molecule is CC(=O)/C=C/c1cc(-c2ccccc2)no1. The van der Waals surface area contributed by atoms with Crippen LogP contribution >= 0.6 is 0 Å². The number of rotatable bonds is 3. The van der Waals surface area contributed by atoms with Crippen molar-refractivity contribution in [1.82, 2.24) is 5.16 Å². The number of hydrogen-bond acceptors (Lipinski definition) is 3. The fourth-order valence-corrected chi connectivity index (χ4v) is 1.31. The summed E-state index contributed by atoms with van der Waals surface area (Å²) in [6.45, 7) is 1.49. The summed E-state index contributed by atoms with van der Waals surface area (Å²) in [6, 6.07) is 11.5. The van der Waals surface area contributed by atoms with Gasteiger partial charge in [0, 0.05) is 11.6 Å². The van der Waals surface area contributed by atoms with Crippen molar-refractivity contribution in [3.05, 3.63) is 48.2 Å². The van der Waals surface area contributed by atoms with E-state index in [1.807, 2.05) is 30.3 Å². The Balaban J connectivity index is 2.23. The molecule has 16 heavy (non-hydrogen) atoms. The Bertz CT molecular complexity index is 512. The van der Waals surface area contributed by atoms with Crippen LogP contribution in [0.4, 0.5) is 0 Å². The Kier molecular flexibility index (Phi) is 2.96. The molecule has 2 aromatic rings. The third-order valence-corrected chi connectivity index (χ3v) is 2.08. The first kappa shape index (κ1) is 10.4. The van der Waals surface area contributed by atoms with Gasteiger partial charge in [0.05, 0.1) is 0 Å². The smallest absolute Gasteiger partial charge is 0.160 e. The molecule has 0 N–H and O–H groups in total. The maximum Gasteiger partial charge on any atom is 0.160 e. The van der Waals surface area contributed by atoms with Gasteiger partial charge in [-0.05, 0) is 19.1 Å². The lowest BCUT2D eigenvalue weighted by Crippen LogP contribution is -1.78. The van der Waals surface area contributed by atoms with E-state index in [0.717, 1.165) is 11.3 Å². The number of carbonyl (C=O) groups is 1. The molecule has 1 aromatic carbocycles. The fraction of sp³-hybridized carbons (Fsp3) is 0.0769. The minimum Gasteiger partial charge on any atom is -0.356 e. The van der Waals surface area contributed by atoms with Crippen LogP contribution in [0.3, 0.4) is 0 Å². The van der Waals surface area contributed by atoms with Crippen LogP contribution in [0.25, 0.3) is 17.3 Å². The van der Waals surface area contributed by atoms with Crippen LogP contribution in [-0.4, -0.2) is 10.9 Å². The number of hydrogen-bond donors (Lipinski definition) is 0. The predicted octanol–water partition coefficient (Wildman–Crippen LogP) is 2.94. The maximum atomic E-state index is 10.7. The van der Waals surface area contributed by atoms with Gasteiger partial charge in [0.2, 0.25) is 0 Å². The highest BCUT2D eigenvalue weighted by molar-refractivity contribution is 5.91. The summed E-state index contributed by atoms with van der Waals surface area (Å²) in [5.41, 5.74) is 1.76. The molecule has 0 aliphatic heterocycles. The Morgan fingerprint density at radius 3 is 2.75 bits per heavy atom. The van der Waals surface area contributed by atoms with Crippen molar-refractivity contribution in [1.29, 1.82) is 0 Å². The van der Waals surface area contributed by atoms with Gasteiger partial charge < -0.3 is 4.52 Å². The van der Waals surface area contributed by atoms with E-state index in [0.29, 0.717) is 5.76 Å². The van der Waals surface area contributed by atoms with E-state index in [1.165, 1.54) is 13.0 Å². The molecule has 3 nitrogen and oxygen atoms in total. The monoisotopic (exact) mass is 213 g/mol. The fourth-order valence-electron chi connectivity index (χ4n) is 1.31. The zero-order valence-electron chi connectivity index (χ0n) is 8.88. The summed E-state index contributed by atoms with van der Waals surface area (Å²) in [5.74, 6) is 0.562. The molecule has 80 valence electrons. The lowest BCUT2D eigenvalue weighted by molar-refractivity contribution is -0.112. The van der Waals surface area contributed by atoms with Crippen molar-refractivity contribution in [2.75, 3.05) is 0 Å². The standard InChI is InChI=1S/C13H11NO2/c1-10(15)7-8-12-9-13(14-16-12)11-5-3-2-4-6-11/h2-9H,1H3/b8-7+. The highest BCUT2D eigenvalue weighted by Crippen LogP contribution is 2.18. The second kappa shape index (κ2) is 4.57. The molecule has 0 radical (unpaired) electrons. The number of carbonyl (C=O) groups excluding carboxylic acids is 1. The van der Waals surface area contributed by atoms with Crippen LogP contribution in [0.1, 0.15) is 12.7 Å². The van der Waals surface area contributed by atoms with Crippen LogP contribution in [-0.2, 0) is 4.79 Å². The Morgan fingerprint density at radius 2 is 2.06 bits per heavy atom. The van der Waals surface area contributed by atoms with Gasteiger partial charge in [-0.25, -0.2) is 0 Å². The van der Waals surface area contributed by atoms with E-state index in [9.17, 15) is 4.79 Å². The molecule has 0 amide bonds. The molecule has 1 aromatic heterocycles. The van der Waals surface area contributed by atoms with Gasteiger partial charge in [-0.3, -0.25) is 4.79 Å². The lowest BCUT2D eigenvalue weighted by Gasteiger charge is -1.90. The first-order valence-corrected chi connectivity index (χ1v) is 4.96. The van der Waals surface area contributed by atoms with Crippen LogP contribution in [0, 0.1) is 0 Å². The van der Waals surface area contributed by atoms with E-state index in [4.69, 9.17) is 4.52 Å². The van der Waals surface area contributed by atoms with E-state index >= 15 is 0 Å². The lowest BCUT2D eigenvalue weighted by atomic mass is 10.1. The first-order valence-electron chi connectivity index (χ1n) is 4.96. The van der Waals surface area contributed by atoms with E-state index < -0.39 is 0 Å². The number of aromatic nitrogens is 1. The molecule has 0 saturated heterocycles. The van der Waals surface area contributed by atoms with Gasteiger partial charge in [-0.2, -0.15) is 0 Å². The summed E-state index contributed by atoms with van der Waals surface area (Å²) >= 11 is 0. The van der Waals surface area contributed by atoms with E-state index in [-0.39, 0.29) is 5.78 Å². The molecule has 0 atom stereocenters. The molecule has 1 heterocycles. The molecular weight excluding hydrogens is 202 g/mol. The highest BCUT2D eigenvalue weighted by atomic mass is 16.5. The van der Waals surface area contributed by atoms with E-state index in [2.05, 4.69) is 5.16 Å². The topological polar surface area (TPSA) is 43.1 Å².